The van der Waals surface area contributed by atoms with E-state index in [2.05, 4.69) is 47.6 Å². The Morgan fingerprint density at radius 1 is 0.966 bits per heavy atom. The molecule has 4 aliphatic rings. The molecule has 3 saturated carbocycles. The molecule has 29 heavy (non-hydrogen) atoms. The molecule has 8 atom stereocenters. The summed E-state index contributed by atoms with van der Waals surface area (Å²) in [7, 11) is 0. The van der Waals surface area contributed by atoms with Gasteiger partial charge in [-0.15, -0.1) is 0 Å². The summed E-state index contributed by atoms with van der Waals surface area (Å²) in [6, 6.07) is 0. The molecule has 1 heteroatoms. The summed E-state index contributed by atoms with van der Waals surface area (Å²) in [5.74, 6) is 4.72. The van der Waals surface area contributed by atoms with Gasteiger partial charge in [-0.1, -0.05) is 72.0 Å². The summed E-state index contributed by atoms with van der Waals surface area (Å²) in [6.07, 6.45) is 17.2. The molecule has 166 valence electrons. The Kier molecular flexibility index (Phi) is 5.81. The topological polar surface area (TPSA) is 20.2 Å². The Bertz CT molecular complexity index is 630. The number of allylic oxidation sites excluding steroid dienone is 2. The quantitative estimate of drug-likeness (QED) is 0.467. The van der Waals surface area contributed by atoms with Crippen LogP contribution in [0.15, 0.2) is 11.6 Å². The molecule has 0 saturated heterocycles. The predicted molar refractivity (Wildman–Crippen MR) is 124 cm³/mol. The summed E-state index contributed by atoms with van der Waals surface area (Å²) in [4.78, 5) is 0. The Hall–Kier alpha value is -0.300. The molecule has 0 aromatic heterocycles. The fourth-order valence-corrected chi connectivity index (χ4v) is 8.95. The van der Waals surface area contributed by atoms with Gasteiger partial charge in [-0.2, -0.15) is 0 Å². The first-order chi connectivity index (χ1) is 13.6. The number of hydrogen-bond acceptors (Lipinski definition) is 1. The van der Waals surface area contributed by atoms with E-state index in [1.165, 1.54) is 64.2 Å². The maximum atomic E-state index is 11.5. The van der Waals surface area contributed by atoms with Crippen molar-refractivity contribution in [2.75, 3.05) is 0 Å². The Morgan fingerprint density at radius 3 is 2.45 bits per heavy atom. The van der Waals surface area contributed by atoms with Crippen molar-refractivity contribution in [1.29, 1.82) is 0 Å². The average molecular weight is 401 g/mol. The normalized spacial score (nSPS) is 47.9. The minimum atomic E-state index is -0.490. The molecule has 1 nitrogen and oxygen atoms in total. The Balaban J connectivity index is 1.55. The van der Waals surface area contributed by atoms with E-state index in [1.54, 1.807) is 5.57 Å². The van der Waals surface area contributed by atoms with Crippen LogP contribution in [-0.2, 0) is 0 Å². The first-order valence-electron chi connectivity index (χ1n) is 13.0. The van der Waals surface area contributed by atoms with Crippen molar-refractivity contribution in [3.8, 4) is 0 Å². The van der Waals surface area contributed by atoms with Crippen LogP contribution >= 0.6 is 0 Å². The zero-order chi connectivity index (χ0) is 21.0. The fraction of sp³-hybridized carbons (Fsp3) is 0.929. The monoisotopic (exact) mass is 400 g/mol. The molecule has 0 aliphatic heterocycles. The summed E-state index contributed by atoms with van der Waals surface area (Å²) in [6.45, 7) is 14.6. The SMILES string of the molecule is CC(C)CCC[C@@H](C)[C@H]1CC[C@H]2C3=CCC4CCCC(C)(O)[C@]4(C)[C@H]3CC[C@]12C. The summed E-state index contributed by atoms with van der Waals surface area (Å²) >= 11 is 0. The van der Waals surface area contributed by atoms with Gasteiger partial charge in [0.25, 0.3) is 0 Å². The third-order valence-electron chi connectivity index (χ3n) is 10.9. The molecule has 2 unspecified atom stereocenters. The number of rotatable bonds is 5. The molecular formula is C28H48O. The van der Waals surface area contributed by atoms with Crippen molar-refractivity contribution in [2.45, 2.75) is 118 Å². The van der Waals surface area contributed by atoms with Crippen LogP contribution in [0, 0.1) is 46.3 Å². The highest BCUT2D eigenvalue weighted by molar-refractivity contribution is 5.29. The van der Waals surface area contributed by atoms with E-state index >= 15 is 0 Å². The lowest BCUT2D eigenvalue weighted by atomic mass is 9.44. The van der Waals surface area contributed by atoms with E-state index < -0.39 is 5.60 Å². The van der Waals surface area contributed by atoms with Crippen molar-refractivity contribution in [3.63, 3.8) is 0 Å². The zero-order valence-corrected chi connectivity index (χ0v) is 20.3. The zero-order valence-electron chi connectivity index (χ0n) is 20.3. The van der Waals surface area contributed by atoms with Crippen molar-refractivity contribution in [1.82, 2.24) is 0 Å². The van der Waals surface area contributed by atoms with Gasteiger partial charge in [-0.05, 0) is 92.8 Å². The summed E-state index contributed by atoms with van der Waals surface area (Å²) in [5.41, 5.74) is 1.90. The second-order valence-electron chi connectivity index (χ2n) is 12.7. The third-order valence-corrected chi connectivity index (χ3v) is 10.9. The van der Waals surface area contributed by atoms with Gasteiger partial charge in [0, 0.05) is 5.41 Å². The van der Waals surface area contributed by atoms with Crippen LogP contribution in [0.5, 0.6) is 0 Å². The average Bonchev–Trinajstić information content (AvgIpc) is 2.99. The highest BCUT2D eigenvalue weighted by atomic mass is 16.3. The van der Waals surface area contributed by atoms with Crippen LogP contribution in [0.3, 0.4) is 0 Å². The fourth-order valence-electron chi connectivity index (χ4n) is 8.95. The predicted octanol–water partition coefficient (Wildman–Crippen LogP) is 7.78. The Labute approximate surface area is 181 Å². The molecule has 0 amide bonds. The molecule has 0 radical (unpaired) electrons. The molecule has 1 N–H and O–H groups in total. The van der Waals surface area contributed by atoms with Gasteiger partial charge in [0.15, 0.2) is 0 Å². The molecule has 4 aliphatic carbocycles. The molecule has 4 rings (SSSR count). The molecule has 3 fully saturated rings. The first kappa shape index (κ1) is 21.9. The smallest absolute Gasteiger partial charge is 0.0681 e. The Morgan fingerprint density at radius 2 is 1.72 bits per heavy atom. The second-order valence-corrected chi connectivity index (χ2v) is 12.7. The lowest BCUT2D eigenvalue weighted by Crippen LogP contribution is -2.59. The largest absolute Gasteiger partial charge is 0.390 e. The molecule has 0 aromatic carbocycles. The van der Waals surface area contributed by atoms with E-state index in [4.69, 9.17) is 0 Å². The van der Waals surface area contributed by atoms with Crippen LogP contribution in [0.1, 0.15) is 112 Å². The van der Waals surface area contributed by atoms with Crippen molar-refractivity contribution >= 4 is 0 Å². The number of aliphatic hydroxyl groups is 1. The van der Waals surface area contributed by atoms with Crippen LogP contribution in [0.4, 0.5) is 0 Å². The molecule has 0 spiro atoms. The number of fused-ring (bicyclic) bond motifs is 5. The third kappa shape index (κ3) is 3.37. The maximum Gasteiger partial charge on any atom is 0.0681 e. The maximum absolute atomic E-state index is 11.5. The van der Waals surface area contributed by atoms with E-state index in [0.29, 0.717) is 17.3 Å². The van der Waals surface area contributed by atoms with Gasteiger partial charge >= 0.3 is 0 Å². The van der Waals surface area contributed by atoms with Gasteiger partial charge in [0.2, 0.25) is 0 Å². The van der Waals surface area contributed by atoms with E-state index in [-0.39, 0.29) is 5.41 Å². The highest BCUT2D eigenvalue weighted by Gasteiger charge is 2.62. The van der Waals surface area contributed by atoms with Crippen molar-refractivity contribution in [2.24, 2.45) is 46.3 Å². The minimum Gasteiger partial charge on any atom is -0.390 e. The summed E-state index contributed by atoms with van der Waals surface area (Å²) < 4.78 is 0. The van der Waals surface area contributed by atoms with Gasteiger partial charge in [0.05, 0.1) is 5.60 Å². The van der Waals surface area contributed by atoms with Gasteiger partial charge in [-0.3, -0.25) is 0 Å². The van der Waals surface area contributed by atoms with Crippen LogP contribution in [-0.4, -0.2) is 10.7 Å². The van der Waals surface area contributed by atoms with Gasteiger partial charge in [0.1, 0.15) is 0 Å². The summed E-state index contributed by atoms with van der Waals surface area (Å²) in [5, 5.41) is 11.5. The molecule has 0 bridgehead atoms. The van der Waals surface area contributed by atoms with E-state index in [1.807, 2.05) is 0 Å². The standard InChI is InChI=1S/C28H48O/c1-19(2)9-7-10-20(3)23-14-15-24-22-13-12-21-11-8-17-27(5,29)28(21,6)25(22)16-18-26(23,24)4/h13,19-21,23-25,29H,7-12,14-18H2,1-6H3/t20-,21?,23-,24+,25+,26-,27?,28+/m1/s1. The minimum absolute atomic E-state index is 0.0949. The first-order valence-corrected chi connectivity index (χ1v) is 13.0. The van der Waals surface area contributed by atoms with E-state index in [0.717, 1.165) is 30.1 Å². The lowest BCUT2D eigenvalue weighted by Gasteiger charge is -2.62. The van der Waals surface area contributed by atoms with Crippen molar-refractivity contribution in [3.05, 3.63) is 11.6 Å². The molecule has 0 aromatic rings. The highest BCUT2D eigenvalue weighted by Crippen LogP contribution is 2.68. The van der Waals surface area contributed by atoms with Gasteiger partial charge < -0.3 is 5.11 Å². The van der Waals surface area contributed by atoms with Crippen molar-refractivity contribution < 1.29 is 5.11 Å². The van der Waals surface area contributed by atoms with Gasteiger partial charge in [-0.25, -0.2) is 0 Å². The second kappa shape index (κ2) is 7.68. The van der Waals surface area contributed by atoms with E-state index in [9.17, 15) is 5.11 Å². The lowest BCUT2D eigenvalue weighted by molar-refractivity contribution is -0.161. The number of hydrogen-bond donors (Lipinski definition) is 1. The van der Waals surface area contributed by atoms with Crippen LogP contribution in [0.2, 0.25) is 0 Å². The van der Waals surface area contributed by atoms with Crippen LogP contribution < -0.4 is 0 Å². The van der Waals surface area contributed by atoms with Crippen LogP contribution in [0.25, 0.3) is 0 Å². The molecular weight excluding hydrogens is 352 g/mol. The molecule has 0 heterocycles.